The van der Waals surface area contributed by atoms with E-state index < -0.39 is 16.6 Å². The molecule has 0 aliphatic carbocycles. The Morgan fingerprint density at radius 1 is 1.57 bits per heavy atom. The zero-order valence-corrected chi connectivity index (χ0v) is 11.8. The lowest BCUT2D eigenvalue weighted by Gasteiger charge is -2.24. The van der Waals surface area contributed by atoms with Crippen LogP contribution in [0.1, 0.15) is 30.1 Å². The maximum absolute atomic E-state index is 13.8. The van der Waals surface area contributed by atoms with Crippen molar-refractivity contribution in [3.8, 4) is 0 Å². The highest BCUT2D eigenvalue weighted by Crippen LogP contribution is 2.20. The third-order valence-corrected chi connectivity index (χ3v) is 3.51. The van der Waals surface area contributed by atoms with Gasteiger partial charge in [-0.15, -0.1) is 0 Å². The summed E-state index contributed by atoms with van der Waals surface area (Å²) in [5, 5.41) is 10.7. The van der Waals surface area contributed by atoms with Gasteiger partial charge in [0, 0.05) is 31.8 Å². The standard InChI is InChI=1S/C14H17FN2O4/c1-2-16(9-11-4-3-7-21-11)14(18)12-8-10(17(19)20)5-6-13(12)15/h5-6,8,11H,2-4,7,9H2,1H3. The van der Waals surface area contributed by atoms with Gasteiger partial charge in [-0.3, -0.25) is 14.9 Å². The summed E-state index contributed by atoms with van der Waals surface area (Å²) < 4.78 is 19.3. The predicted molar refractivity (Wildman–Crippen MR) is 73.6 cm³/mol. The van der Waals surface area contributed by atoms with E-state index in [0.29, 0.717) is 19.7 Å². The summed E-state index contributed by atoms with van der Waals surface area (Å²) in [7, 11) is 0. The Kier molecular flexibility index (Phi) is 4.85. The van der Waals surface area contributed by atoms with Crippen LogP contribution in [0.3, 0.4) is 0 Å². The minimum Gasteiger partial charge on any atom is -0.376 e. The summed E-state index contributed by atoms with van der Waals surface area (Å²) in [5.41, 5.74) is -0.572. The number of nitro benzene ring substituents is 1. The van der Waals surface area contributed by atoms with E-state index in [-0.39, 0.29) is 17.4 Å². The summed E-state index contributed by atoms with van der Waals surface area (Å²) in [5.74, 6) is -1.30. The minimum atomic E-state index is -0.753. The molecule has 1 aromatic carbocycles. The zero-order valence-electron chi connectivity index (χ0n) is 11.8. The van der Waals surface area contributed by atoms with Crippen LogP contribution in [0.25, 0.3) is 0 Å². The molecule has 1 fully saturated rings. The molecule has 1 aliphatic rings. The summed E-state index contributed by atoms with van der Waals surface area (Å²) in [6, 6.07) is 2.98. The molecule has 1 amide bonds. The van der Waals surface area contributed by atoms with Crippen LogP contribution in [0.5, 0.6) is 0 Å². The van der Waals surface area contributed by atoms with Crippen molar-refractivity contribution in [3.05, 3.63) is 39.7 Å². The van der Waals surface area contributed by atoms with Crippen LogP contribution >= 0.6 is 0 Å². The number of carbonyl (C=O) groups is 1. The van der Waals surface area contributed by atoms with Crippen molar-refractivity contribution in [1.29, 1.82) is 0 Å². The van der Waals surface area contributed by atoms with Crippen LogP contribution in [-0.2, 0) is 4.74 Å². The largest absolute Gasteiger partial charge is 0.376 e. The molecule has 0 saturated carbocycles. The fourth-order valence-electron chi connectivity index (χ4n) is 2.35. The zero-order chi connectivity index (χ0) is 15.4. The Morgan fingerprint density at radius 3 is 2.90 bits per heavy atom. The second-order valence-electron chi connectivity index (χ2n) is 4.90. The molecule has 2 rings (SSSR count). The van der Waals surface area contributed by atoms with Crippen molar-refractivity contribution in [2.45, 2.75) is 25.9 Å². The first kappa shape index (κ1) is 15.4. The topological polar surface area (TPSA) is 72.7 Å². The first-order chi connectivity index (χ1) is 10.0. The molecule has 0 aromatic heterocycles. The highest BCUT2D eigenvalue weighted by molar-refractivity contribution is 5.95. The minimum absolute atomic E-state index is 0.0457. The van der Waals surface area contributed by atoms with E-state index in [1.165, 1.54) is 4.90 Å². The predicted octanol–water partition coefficient (Wildman–Crippen LogP) is 2.38. The van der Waals surface area contributed by atoms with Crippen LogP contribution in [0.4, 0.5) is 10.1 Å². The summed E-state index contributed by atoms with van der Waals surface area (Å²) in [6.45, 7) is 3.21. The Labute approximate surface area is 121 Å². The van der Waals surface area contributed by atoms with Crippen molar-refractivity contribution in [3.63, 3.8) is 0 Å². The number of amides is 1. The lowest BCUT2D eigenvalue weighted by molar-refractivity contribution is -0.384. The van der Waals surface area contributed by atoms with Crippen molar-refractivity contribution >= 4 is 11.6 Å². The number of likely N-dealkylation sites (N-methyl/N-ethyl adjacent to an activating group) is 1. The lowest BCUT2D eigenvalue weighted by Crippen LogP contribution is -2.37. The molecule has 0 bridgehead atoms. The average Bonchev–Trinajstić information content (AvgIpc) is 2.97. The van der Waals surface area contributed by atoms with Crippen LogP contribution in [0.15, 0.2) is 18.2 Å². The SMILES string of the molecule is CCN(CC1CCCO1)C(=O)c1cc([N+](=O)[O-])ccc1F. The van der Waals surface area contributed by atoms with Gasteiger partial charge in [0.1, 0.15) is 5.82 Å². The third-order valence-electron chi connectivity index (χ3n) is 3.51. The van der Waals surface area contributed by atoms with Crippen LogP contribution in [-0.4, -0.2) is 41.5 Å². The van der Waals surface area contributed by atoms with Crippen LogP contribution in [0.2, 0.25) is 0 Å². The van der Waals surface area contributed by atoms with E-state index in [1.807, 2.05) is 0 Å². The third kappa shape index (κ3) is 3.55. The van der Waals surface area contributed by atoms with Gasteiger partial charge in [0.05, 0.1) is 16.6 Å². The van der Waals surface area contributed by atoms with E-state index in [4.69, 9.17) is 4.74 Å². The van der Waals surface area contributed by atoms with E-state index in [2.05, 4.69) is 0 Å². The van der Waals surface area contributed by atoms with E-state index in [1.54, 1.807) is 6.92 Å². The molecule has 21 heavy (non-hydrogen) atoms. The monoisotopic (exact) mass is 296 g/mol. The van der Waals surface area contributed by atoms with Gasteiger partial charge in [0.15, 0.2) is 0 Å². The molecule has 1 atom stereocenters. The van der Waals surface area contributed by atoms with Crippen molar-refractivity contribution in [2.75, 3.05) is 19.7 Å². The second kappa shape index (κ2) is 6.62. The molecule has 1 heterocycles. The number of hydrogen-bond acceptors (Lipinski definition) is 4. The Morgan fingerprint density at radius 2 is 2.33 bits per heavy atom. The summed E-state index contributed by atoms with van der Waals surface area (Å²) >= 11 is 0. The molecule has 1 aromatic rings. The molecule has 0 N–H and O–H groups in total. The van der Waals surface area contributed by atoms with Crippen molar-refractivity contribution < 1.29 is 18.8 Å². The number of non-ortho nitro benzene ring substituents is 1. The molecular weight excluding hydrogens is 279 g/mol. The quantitative estimate of drug-likeness (QED) is 0.617. The van der Waals surface area contributed by atoms with E-state index >= 15 is 0 Å². The summed E-state index contributed by atoms with van der Waals surface area (Å²) in [4.78, 5) is 23.9. The first-order valence-electron chi connectivity index (χ1n) is 6.87. The van der Waals surface area contributed by atoms with Gasteiger partial charge in [0.2, 0.25) is 0 Å². The fraction of sp³-hybridized carbons (Fsp3) is 0.500. The van der Waals surface area contributed by atoms with Gasteiger partial charge in [-0.1, -0.05) is 0 Å². The van der Waals surface area contributed by atoms with Crippen molar-refractivity contribution in [2.24, 2.45) is 0 Å². The van der Waals surface area contributed by atoms with Gasteiger partial charge in [-0.25, -0.2) is 4.39 Å². The number of benzene rings is 1. The molecular formula is C14H17FN2O4. The Bertz CT molecular complexity index is 544. The van der Waals surface area contributed by atoms with Gasteiger partial charge in [0.25, 0.3) is 11.6 Å². The van der Waals surface area contributed by atoms with E-state index in [0.717, 1.165) is 31.0 Å². The van der Waals surface area contributed by atoms with Gasteiger partial charge in [-0.05, 0) is 25.8 Å². The number of ether oxygens (including phenoxy) is 1. The maximum atomic E-state index is 13.8. The number of carbonyl (C=O) groups excluding carboxylic acids is 1. The Hall–Kier alpha value is -2.02. The number of nitro groups is 1. The molecule has 114 valence electrons. The molecule has 0 spiro atoms. The number of nitrogens with zero attached hydrogens (tertiary/aromatic N) is 2. The van der Waals surface area contributed by atoms with Crippen molar-refractivity contribution in [1.82, 2.24) is 4.90 Å². The number of halogens is 1. The number of hydrogen-bond donors (Lipinski definition) is 0. The van der Waals surface area contributed by atoms with Gasteiger partial charge in [-0.2, -0.15) is 0 Å². The number of rotatable bonds is 5. The van der Waals surface area contributed by atoms with Gasteiger partial charge < -0.3 is 9.64 Å². The highest BCUT2D eigenvalue weighted by atomic mass is 19.1. The fourth-order valence-corrected chi connectivity index (χ4v) is 2.35. The van der Waals surface area contributed by atoms with Crippen LogP contribution < -0.4 is 0 Å². The first-order valence-corrected chi connectivity index (χ1v) is 6.87. The normalized spacial score (nSPS) is 17.7. The van der Waals surface area contributed by atoms with E-state index in [9.17, 15) is 19.3 Å². The Balaban J connectivity index is 2.19. The van der Waals surface area contributed by atoms with Crippen LogP contribution in [0, 0.1) is 15.9 Å². The molecule has 1 saturated heterocycles. The molecule has 0 radical (unpaired) electrons. The van der Waals surface area contributed by atoms with Gasteiger partial charge >= 0.3 is 0 Å². The molecule has 7 heteroatoms. The lowest BCUT2D eigenvalue weighted by atomic mass is 10.1. The second-order valence-corrected chi connectivity index (χ2v) is 4.90. The highest BCUT2D eigenvalue weighted by Gasteiger charge is 2.25. The summed E-state index contributed by atoms with van der Waals surface area (Å²) in [6.07, 6.45) is 1.76. The molecule has 6 nitrogen and oxygen atoms in total. The average molecular weight is 296 g/mol. The molecule has 1 aliphatic heterocycles. The molecule has 1 unspecified atom stereocenters. The maximum Gasteiger partial charge on any atom is 0.270 e. The smallest absolute Gasteiger partial charge is 0.270 e.